The Morgan fingerprint density at radius 3 is 2.25 bits per heavy atom. The van der Waals surface area contributed by atoms with Crippen molar-refractivity contribution >= 4 is 5.91 Å². The van der Waals surface area contributed by atoms with E-state index >= 15 is 0 Å². The maximum absolute atomic E-state index is 13.3. The quantitative estimate of drug-likeness (QED) is 0.543. The van der Waals surface area contributed by atoms with Gasteiger partial charge in [-0.05, 0) is 60.7 Å². The molecule has 0 amide bonds. The molecule has 0 saturated carbocycles. The fraction of sp³-hybridized carbons (Fsp3) is 0.0476. The molecule has 0 bridgehead atoms. The maximum atomic E-state index is 13.3. The number of benzene rings is 2. The molecule has 0 atom stereocenters. The number of aromatic nitrogens is 4. The van der Waals surface area contributed by atoms with Gasteiger partial charge in [0.05, 0.1) is 7.11 Å². The fourth-order valence-corrected chi connectivity index (χ4v) is 2.85. The molecule has 2 aromatic carbocycles. The number of methoxy groups -OCH3 is 1. The van der Waals surface area contributed by atoms with E-state index in [1.54, 1.807) is 68.0 Å². The van der Waals surface area contributed by atoms with Crippen molar-refractivity contribution in [2.24, 2.45) is 0 Å². The van der Waals surface area contributed by atoms with E-state index in [2.05, 4.69) is 15.3 Å². The molecule has 28 heavy (non-hydrogen) atoms. The molecule has 0 aliphatic heterocycles. The first kappa shape index (κ1) is 17.5. The van der Waals surface area contributed by atoms with Crippen LogP contribution >= 0.6 is 0 Å². The molecule has 0 radical (unpaired) electrons. The summed E-state index contributed by atoms with van der Waals surface area (Å²) in [5, 5.41) is 8.28. The lowest BCUT2D eigenvalue weighted by atomic mass is 10.1. The first-order chi connectivity index (χ1) is 13.7. The van der Waals surface area contributed by atoms with E-state index in [9.17, 15) is 9.18 Å². The van der Waals surface area contributed by atoms with Crippen LogP contribution in [0.15, 0.2) is 73.1 Å². The Labute approximate surface area is 160 Å². The Hall–Kier alpha value is -3.87. The molecule has 0 aliphatic rings. The van der Waals surface area contributed by atoms with Gasteiger partial charge in [0.1, 0.15) is 23.0 Å². The van der Waals surface area contributed by atoms with E-state index in [1.807, 2.05) is 0 Å². The molecule has 4 aromatic rings. The lowest BCUT2D eigenvalue weighted by Crippen LogP contribution is -2.15. The number of rotatable bonds is 4. The van der Waals surface area contributed by atoms with Gasteiger partial charge in [0.2, 0.25) is 0 Å². The van der Waals surface area contributed by atoms with Crippen molar-refractivity contribution in [3.63, 3.8) is 0 Å². The minimum absolute atomic E-state index is 0.338. The molecule has 0 N–H and O–H groups in total. The second-order valence-corrected chi connectivity index (χ2v) is 5.97. The first-order valence-corrected chi connectivity index (χ1v) is 8.48. The predicted octanol–water partition coefficient (Wildman–Crippen LogP) is 3.84. The summed E-state index contributed by atoms with van der Waals surface area (Å²) in [6, 6.07) is 16.2. The van der Waals surface area contributed by atoms with E-state index in [-0.39, 0.29) is 11.7 Å². The average Bonchev–Trinajstić information content (AvgIpc) is 3.19. The Morgan fingerprint density at radius 1 is 0.929 bits per heavy atom. The summed E-state index contributed by atoms with van der Waals surface area (Å²) < 4.78 is 19.7. The molecule has 2 aromatic heterocycles. The first-order valence-electron chi connectivity index (χ1n) is 8.48. The minimum atomic E-state index is -0.351. The highest BCUT2D eigenvalue weighted by Crippen LogP contribution is 2.30. The van der Waals surface area contributed by atoms with Crippen molar-refractivity contribution in [1.82, 2.24) is 20.0 Å². The van der Waals surface area contributed by atoms with Crippen molar-refractivity contribution < 1.29 is 13.9 Å². The van der Waals surface area contributed by atoms with Gasteiger partial charge in [0, 0.05) is 29.1 Å². The SMILES string of the molecule is COc1ccc(C(=O)n2nnc(-c3ccc(F)cc3)c2-c2ccncc2)cc1. The molecule has 0 fully saturated rings. The Balaban J connectivity index is 1.85. The summed E-state index contributed by atoms with van der Waals surface area (Å²) in [6.07, 6.45) is 3.25. The number of pyridine rings is 1. The molecule has 0 spiro atoms. The van der Waals surface area contributed by atoms with Crippen LogP contribution in [0.4, 0.5) is 4.39 Å². The Bertz CT molecular complexity index is 1110. The van der Waals surface area contributed by atoms with Gasteiger partial charge in [-0.1, -0.05) is 5.21 Å². The van der Waals surface area contributed by atoms with E-state index in [4.69, 9.17) is 4.74 Å². The molecule has 0 saturated heterocycles. The highest BCUT2D eigenvalue weighted by atomic mass is 19.1. The van der Waals surface area contributed by atoms with Crippen LogP contribution in [0.3, 0.4) is 0 Å². The van der Waals surface area contributed by atoms with E-state index in [0.717, 1.165) is 5.56 Å². The summed E-state index contributed by atoms with van der Waals surface area (Å²) in [4.78, 5) is 17.1. The monoisotopic (exact) mass is 374 g/mol. The summed E-state index contributed by atoms with van der Waals surface area (Å²) in [6.45, 7) is 0. The third kappa shape index (κ3) is 3.25. The molecule has 4 rings (SSSR count). The standard InChI is InChI=1S/C21H15FN4O2/c1-28-18-8-4-16(5-9-18)21(27)26-20(15-10-12-23-13-11-15)19(24-25-26)14-2-6-17(22)7-3-14/h2-13H,1H3. The van der Waals surface area contributed by atoms with Crippen LogP contribution < -0.4 is 4.74 Å². The van der Waals surface area contributed by atoms with Gasteiger partial charge in [0.25, 0.3) is 5.91 Å². The summed E-state index contributed by atoms with van der Waals surface area (Å²) in [5.41, 5.74) is 2.80. The predicted molar refractivity (Wildman–Crippen MR) is 101 cm³/mol. The minimum Gasteiger partial charge on any atom is -0.497 e. The van der Waals surface area contributed by atoms with Gasteiger partial charge in [-0.2, -0.15) is 4.68 Å². The summed E-state index contributed by atoms with van der Waals surface area (Å²) in [7, 11) is 1.56. The van der Waals surface area contributed by atoms with Crippen LogP contribution in [0.1, 0.15) is 10.4 Å². The third-order valence-corrected chi connectivity index (χ3v) is 4.27. The van der Waals surface area contributed by atoms with Crippen molar-refractivity contribution in [2.45, 2.75) is 0 Å². The van der Waals surface area contributed by atoms with Crippen molar-refractivity contribution in [3.05, 3.63) is 84.4 Å². The van der Waals surface area contributed by atoms with Crippen LogP contribution in [0, 0.1) is 5.82 Å². The van der Waals surface area contributed by atoms with Crippen LogP contribution in [0.25, 0.3) is 22.5 Å². The number of nitrogens with zero attached hydrogens (tertiary/aromatic N) is 4. The van der Waals surface area contributed by atoms with E-state index in [0.29, 0.717) is 28.3 Å². The van der Waals surface area contributed by atoms with Crippen molar-refractivity contribution in [1.29, 1.82) is 0 Å². The molecule has 138 valence electrons. The molecule has 0 aliphatic carbocycles. The zero-order valence-corrected chi connectivity index (χ0v) is 14.9. The van der Waals surface area contributed by atoms with Gasteiger partial charge in [0.15, 0.2) is 0 Å². The smallest absolute Gasteiger partial charge is 0.280 e. The molecule has 2 heterocycles. The normalized spacial score (nSPS) is 10.6. The number of hydrogen-bond acceptors (Lipinski definition) is 5. The topological polar surface area (TPSA) is 69.9 Å². The van der Waals surface area contributed by atoms with E-state index in [1.165, 1.54) is 16.8 Å². The van der Waals surface area contributed by atoms with Gasteiger partial charge in [-0.3, -0.25) is 9.78 Å². The Kier molecular flexibility index (Phi) is 4.63. The zero-order chi connectivity index (χ0) is 19.5. The summed E-state index contributed by atoms with van der Waals surface area (Å²) in [5.74, 6) is -0.0391. The number of hydrogen-bond donors (Lipinski definition) is 0. The lowest BCUT2D eigenvalue weighted by molar-refractivity contribution is 0.0945. The average molecular weight is 374 g/mol. The van der Waals surface area contributed by atoms with Crippen LogP contribution in [-0.2, 0) is 0 Å². The van der Waals surface area contributed by atoms with Crippen molar-refractivity contribution in [3.8, 4) is 28.3 Å². The second-order valence-electron chi connectivity index (χ2n) is 5.97. The molecular weight excluding hydrogens is 359 g/mol. The van der Waals surface area contributed by atoms with Gasteiger partial charge >= 0.3 is 0 Å². The number of ether oxygens (including phenoxy) is 1. The lowest BCUT2D eigenvalue weighted by Gasteiger charge is -2.08. The molecule has 6 nitrogen and oxygen atoms in total. The fourth-order valence-electron chi connectivity index (χ4n) is 2.85. The largest absolute Gasteiger partial charge is 0.497 e. The zero-order valence-electron chi connectivity index (χ0n) is 14.9. The molecular formula is C21H15FN4O2. The number of halogens is 1. The Morgan fingerprint density at radius 2 is 1.61 bits per heavy atom. The third-order valence-electron chi connectivity index (χ3n) is 4.27. The highest BCUT2D eigenvalue weighted by molar-refractivity contribution is 5.99. The highest BCUT2D eigenvalue weighted by Gasteiger charge is 2.22. The number of carbonyl (C=O) groups excluding carboxylic acids is 1. The van der Waals surface area contributed by atoms with Gasteiger partial charge in [-0.15, -0.1) is 5.10 Å². The van der Waals surface area contributed by atoms with Crippen LogP contribution in [0.5, 0.6) is 5.75 Å². The van der Waals surface area contributed by atoms with E-state index < -0.39 is 0 Å². The molecule has 0 unspecified atom stereocenters. The van der Waals surface area contributed by atoms with Crippen LogP contribution in [0.2, 0.25) is 0 Å². The second kappa shape index (κ2) is 7.40. The summed E-state index contributed by atoms with van der Waals surface area (Å²) >= 11 is 0. The molecule has 7 heteroatoms. The van der Waals surface area contributed by atoms with Crippen LogP contribution in [-0.4, -0.2) is 33.0 Å². The van der Waals surface area contributed by atoms with Gasteiger partial charge in [-0.25, -0.2) is 4.39 Å². The number of carbonyl (C=O) groups is 1. The maximum Gasteiger partial charge on any atom is 0.280 e. The van der Waals surface area contributed by atoms with Crippen molar-refractivity contribution in [2.75, 3.05) is 7.11 Å². The van der Waals surface area contributed by atoms with Gasteiger partial charge < -0.3 is 4.74 Å².